The van der Waals surface area contributed by atoms with E-state index in [1.54, 1.807) is 4.57 Å². The second kappa shape index (κ2) is 5.73. The summed E-state index contributed by atoms with van der Waals surface area (Å²) >= 11 is 0. The van der Waals surface area contributed by atoms with Crippen molar-refractivity contribution in [3.8, 4) is 11.7 Å². The van der Waals surface area contributed by atoms with Crippen LogP contribution in [-0.4, -0.2) is 24.1 Å². The molecule has 4 rings (SSSR count). The second-order valence-electron chi connectivity index (χ2n) is 5.92. The highest BCUT2D eigenvalue weighted by molar-refractivity contribution is 5.78. The summed E-state index contributed by atoms with van der Waals surface area (Å²) in [7, 11) is 1.42. The number of imidazole rings is 1. The van der Waals surface area contributed by atoms with Gasteiger partial charge in [0.1, 0.15) is 11.2 Å². The van der Waals surface area contributed by atoms with Crippen molar-refractivity contribution in [3.05, 3.63) is 45.1 Å². The van der Waals surface area contributed by atoms with Crippen molar-refractivity contribution >= 4 is 22.3 Å². The number of aromatic nitrogens is 5. The molecule has 0 aliphatic heterocycles. The van der Waals surface area contributed by atoms with Crippen molar-refractivity contribution in [2.45, 2.75) is 26.3 Å². The van der Waals surface area contributed by atoms with E-state index in [0.717, 1.165) is 17.4 Å². The van der Waals surface area contributed by atoms with Crippen LogP contribution in [0.5, 0.6) is 0 Å². The van der Waals surface area contributed by atoms with Crippen molar-refractivity contribution in [1.82, 2.24) is 24.1 Å². The molecule has 3 aromatic heterocycles. The lowest BCUT2D eigenvalue weighted by Crippen LogP contribution is -2.32. The molecule has 0 spiro atoms. The molecule has 0 fully saturated rings. The topological polar surface area (TPSA) is 98.7 Å². The van der Waals surface area contributed by atoms with Gasteiger partial charge in [-0.25, -0.2) is 14.8 Å². The van der Waals surface area contributed by atoms with Crippen LogP contribution < -0.4 is 11.2 Å². The van der Waals surface area contributed by atoms with Crippen molar-refractivity contribution in [1.29, 1.82) is 0 Å². The average molecular weight is 339 g/mol. The molecule has 8 nitrogen and oxygen atoms in total. The van der Waals surface area contributed by atoms with E-state index < -0.39 is 11.2 Å². The molecule has 128 valence electrons. The van der Waals surface area contributed by atoms with Crippen LogP contribution in [-0.2, 0) is 13.6 Å². The van der Waals surface area contributed by atoms with E-state index in [-0.39, 0.29) is 5.52 Å². The Morgan fingerprint density at radius 3 is 2.76 bits per heavy atom. The third kappa shape index (κ3) is 2.37. The molecule has 4 aromatic rings. The highest BCUT2D eigenvalue weighted by Gasteiger charge is 2.21. The maximum Gasteiger partial charge on any atom is 0.329 e. The van der Waals surface area contributed by atoms with E-state index in [9.17, 15) is 9.59 Å². The molecule has 25 heavy (non-hydrogen) atoms. The summed E-state index contributed by atoms with van der Waals surface area (Å²) in [6.45, 7) is 2.67. The largest absolute Gasteiger partial charge is 0.434 e. The molecule has 1 N–H and O–H groups in total. The van der Waals surface area contributed by atoms with Crippen LogP contribution in [0.15, 0.2) is 38.3 Å². The Labute approximate surface area is 141 Å². The number of aromatic amines is 1. The summed E-state index contributed by atoms with van der Waals surface area (Å²) in [5.41, 5.74) is 1.06. The molecule has 3 heterocycles. The fourth-order valence-electron chi connectivity index (χ4n) is 2.83. The molecule has 0 amide bonds. The zero-order valence-corrected chi connectivity index (χ0v) is 13.9. The summed E-state index contributed by atoms with van der Waals surface area (Å²) in [5, 5.41) is 0. The van der Waals surface area contributed by atoms with Crippen LogP contribution in [0.25, 0.3) is 34.0 Å². The molecular weight excluding hydrogens is 322 g/mol. The molecule has 0 saturated heterocycles. The lowest BCUT2D eigenvalue weighted by atomic mass is 10.3. The fraction of sp³-hybridized carbons (Fsp3) is 0.294. The van der Waals surface area contributed by atoms with E-state index in [1.165, 1.54) is 7.05 Å². The number of H-pyrrole nitrogens is 1. The van der Waals surface area contributed by atoms with Crippen LogP contribution in [0, 0.1) is 0 Å². The van der Waals surface area contributed by atoms with Crippen LogP contribution in [0.4, 0.5) is 0 Å². The molecule has 0 saturated carbocycles. The first kappa shape index (κ1) is 15.4. The van der Waals surface area contributed by atoms with Gasteiger partial charge < -0.3 is 8.98 Å². The van der Waals surface area contributed by atoms with Gasteiger partial charge >= 0.3 is 5.69 Å². The average Bonchev–Trinajstić information content (AvgIpc) is 3.19. The SMILES string of the molecule is CCCCn1c(-c2nc3ccccc3o2)nc2c(=O)n(C)c(=O)[nH]c21. The number of rotatable bonds is 4. The van der Waals surface area contributed by atoms with Crippen LogP contribution in [0.3, 0.4) is 0 Å². The number of aryl methyl sites for hydroxylation is 1. The van der Waals surface area contributed by atoms with Crippen LogP contribution in [0.2, 0.25) is 0 Å². The number of nitrogens with one attached hydrogen (secondary N) is 1. The Morgan fingerprint density at radius 1 is 1.20 bits per heavy atom. The first-order valence-corrected chi connectivity index (χ1v) is 8.15. The Morgan fingerprint density at radius 2 is 2.00 bits per heavy atom. The summed E-state index contributed by atoms with van der Waals surface area (Å²) in [4.78, 5) is 36.0. The summed E-state index contributed by atoms with van der Waals surface area (Å²) in [6, 6.07) is 7.42. The molecule has 1 aromatic carbocycles. The zero-order valence-electron chi connectivity index (χ0n) is 13.9. The normalized spacial score (nSPS) is 11.6. The standard InChI is InChI=1S/C17H17N5O3/c1-3-4-9-22-13-12(16(23)21(2)17(24)20-13)19-14(22)15-18-10-7-5-6-8-11(10)25-15/h5-8H,3-4,9H2,1-2H3,(H,20,24). The molecule has 0 aliphatic rings. The minimum atomic E-state index is -0.473. The van der Waals surface area contributed by atoms with Gasteiger partial charge in [0.15, 0.2) is 16.9 Å². The molecule has 0 radical (unpaired) electrons. The number of para-hydroxylation sites is 2. The molecule has 0 unspecified atom stereocenters. The Balaban J connectivity index is 2.03. The van der Waals surface area contributed by atoms with Gasteiger partial charge in [0.2, 0.25) is 0 Å². The minimum absolute atomic E-state index is 0.204. The minimum Gasteiger partial charge on any atom is -0.434 e. The van der Waals surface area contributed by atoms with Crippen molar-refractivity contribution in [2.24, 2.45) is 7.05 Å². The van der Waals surface area contributed by atoms with Gasteiger partial charge in [0.05, 0.1) is 0 Å². The molecule has 0 aliphatic carbocycles. The van der Waals surface area contributed by atoms with Gasteiger partial charge in [-0.05, 0) is 18.6 Å². The van der Waals surface area contributed by atoms with E-state index in [2.05, 4.69) is 21.9 Å². The molecule has 8 heteroatoms. The van der Waals surface area contributed by atoms with Gasteiger partial charge in [-0.2, -0.15) is 0 Å². The van der Waals surface area contributed by atoms with Crippen LogP contribution in [0.1, 0.15) is 19.8 Å². The smallest absolute Gasteiger partial charge is 0.329 e. The number of nitrogens with zero attached hydrogens (tertiary/aromatic N) is 4. The zero-order chi connectivity index (χ0) is 17.6. The lowest BCUT2D eigenvalue weighted by molar-refractivity contribution is 0.589. The highest BCUT2D eigenvalue weighted by Crippen LogP contribution is 2.25. The number of unbranched alkanes of at least 4 members (excludes halogenated alkanes) is 1. The highest BCUT2D eigenvalue weighted by atomic mass is 16.3. The van der Waals surface area contributed by atoms with Crippen molar-refractivity contribution in [3.63, 3.8) is 0 Å². The molecule has 0 atom stereocenters. The number of hydrogen-bond donors (Lipinski definition) is 1. The van der Waals surface area contributed by atoms with Crippen LogP contribution >= 0.6 is 0 Å². The third-order valence-corrected chi connectivity index (χ3v) is 4.23. The summed E-state index contributed by atoms with van der Waals surface area (Å²) in [5.74, 6) is 0.773. The Bertz CT molecular complexity index is 1160. The van der Waals surface area contributed by atoms with Gasteiger partial charge in [0.25, 0.3) is 11.4 Å². The van der Waals surface area contributed by atoms with E-state index in [1.807, 2.05) is 24.3 Å². The Kier molecular flexibility index (Phi) is 3.52. The number of hydrogen-bond acceptors (Lipinski definition) is 5. The quantitative estimate of drug-likeness (QED) is 0.613. The van der Waals surface area contributed by atoms with Gasteiger partial charge in [-0.3, -0.25) is 14.3 Å². The molecular formula is C17H17N5O3. The van der Waals surface area contributed by atoms with Crippen molar-refractivity contribution in [2.75, 3.05) is 0 Å². The maximum atomic E-state index is 12.4. The number of oxazole rings is 1. The first-order chi connectivity index (χ1) is 12.1. The third-order valence-electron chi connectivity index (χ3n) is 4.23. The number of benzene rings is 1. The summed E-state index contributed by atoms with van der Waals surface area (Å²) < 4.78 is 8.62. The second-order valence-corrected chi connectivity index (χ2v) is 5.92. The predicted octanol–water partition coefficient (Wildman–Crippen LogP) is 2.03. The monoisotopic (exact) mass is 339 g/mol. The van der Waals surface area contributed by atoms with Gasteiger partial charge in [-0.15, -0.1) is 0 Å². The summed E-state index contributed by atoms with van der Waals surface area (Å²) in [6.07, 6.45) is 1.83. The van der Waals surface area contributed by atoms with Crippen molar-refractivity contribution < 1.29 is 4.42 Å². The van der Waals surface area contributed by atoms with Gasteiger partial charge in [0, 0.05) is 13.6 Å². The predicted molar refractivity (Wildman–Crippen MR) is 93.5 cm³/mol. The lowest BCUT2D eigenvalue weighted by Gasteiger charge is -2.05. The Hall–Kier alpha value is -3.16. The first-order valence-electron chi connectivity index (χ1n) is 8.15. The number of fused-ring (bicyclic) bond motifs is 2. The fourth-order valence-corrected chi connectivity index (χ4v) is 2.83. The maximum absolute atomic E-state index is 12.4. The van der Waals surface area contributed by atoms with Gasteiger partial charge in [-0.1, -0.05) is 25.5 Å². The molecule has 0 bridgehead atoms. The van der Waals surface area contributed by atoms with E-state index in [0.29, 0.717) is 35.0 Å². The van der Waals surface area contributed by atoms with E-state index >= 15 is 0 Å². The van der Waals surface area contributed by atoms with E-state index in [4.69, 9.17) is 4.42 Å².